The highest BCUT2D eigenvalue weighted by Crippen LogP contribution is 2.24. The van der Waals surface area contributed by atoms with Gasteiger partial charge in [0.1, 0.15) is 30.0 Å². The summed E-state index contributed by atoms with van der Waals surface area (Å²) in [6, 6.07) is 26.4. The Kier molecular flexibility index (Phi) is 7.59. The van der Waals surface area contributed by atoms with Gasteiger partial charge in [-0.1, -0.05) is 59.6 Å². The van der Waals surface area contributed by atoms with Crippen molar-refractivity contribution in [3.05, 3.63) is 135 Å². The predicted molar refractivity (Wildman–Crippen MR) is 150 cm³/mol. The number of ether oxygens (including phenoxy) is 2. The SMILES string of the molecule is O=C(C=Cc1ccc(OCc2ccc(Cl)cc2)cc1)Oc1ccc2c(=O)c(-c3ccc(Cl)cc3)coc2c1. The van der Waals surface area contributed by atoms with Crippen LogP contribution in [-0.2, 0) is 11.4 Å². The molecule has 0 aliphatic heterocycles. The number of carbonyl (C=O) groups excluding carboxylic acids is 1. The zero-order valence-electron chi connectivity index (χ0n) is 19.9. The normalized spacial score (nSPS) is 11.1. The molecule has 5 rings (SSSR count). The van der Waals surface area contributed by atoms with E-state index in [1.54, 1.807) is 42.5 Å². The van der Waals surface area contributed by atoms with Gasteiger partial charge in [0, 0.05) is 22.2 Å². The monoisotopic (exact) mass is 542 g/mol. The number of fused-ring (bicyclic) bond motifs is 1. The summed E-state index contributed by atoms with van der Waals surface area (Å²) in [5.74, 6) is 0.407. The summed E-state index contributed by atoms with van der Waals surface area (Å²) in [6.45, 7) is 0.424. The highest BCUT2D eigenvalue weighted by atomic mass is 35.5. The van der Waals surface area contributed by atoms with E-state index in [9.17, 15) is 9.59 Å². The molecule has 1 heterocycles. The van der Waals surface area contributed by atoms with Gasteiger partial charge in [-0.2, -0.15) is 0 Å². The maximum absolute atomic E-state index is 12.9. The van der Waals surface area contributed by atoms with Gasteiger partial charge < -0.3 is 13.9 Å². The maximum atomic E-state index is 12.9. The molecule has 7 heteroatoms. The van der Waals surface area contributed by atoms with Gasteiger partial charge in [-0.15, -0.1) is 0 Å². The summed E-state index contributed by atoms with van der Waals surface area (Å²) >= 11 is 11.8. The minimum Gasteiger partial charge on any atom is -0.489 e. The van der Waals surface area contributed by atoms with Crippen molar-refractivity contribution in [2.75, 3.05) is 0 Å². The van der Waals surface area contributed by atoms with Gasteiger partial charge in [-0.05, 0) is 71.3 Å². The summed E-state index contributed by atoms with van der Waals surface area (Å²) in [6.07, 6.45) is 4.36. The van der Waals surface area contributed by atoms with Gasteiger partial charge in [-0.25, -0.2) is 4.79 Å². The number of esters is 1. The van der Waals surface area contributed by atoms with Crippen molar-refractivity contribution in [1.82, 2.24) is 0 Å². The summed E-state index contributed by atoms with van der Waals surface area (Å²) in [7, 11) is 0. The molecule has 5 aromatic rings. The number of hydrogen-bond acceptors (Lipinski definition) is 5. The van der Waals surface area contributed by atoms with Gasteiger partial charge in [0.25, 0.3) is 0 Å². The van der Waals surface area contributed by atoms with Crippen molar-refractivity contribution >= 4 is 46.2 Å². The molecule has 0 amide bonds. The fourth-order valence-electron chi connectivity index (χ4n) is 3.74. The lowest BCUT2D eigenvalue weighted by Gasteiger charge is -2.07. The lowest BCUT2D eigenvalue weighted by molar-refractivity contribution is -0.128. The lowest BCUT2D eigenvalue weighted by atomic mass is 10.1. The first-order chi connectivity index (χ1) is 18.4. The van der Waals surface area contributed by atoms with E-state index in [1.165, 1.54) is 18.4 Å². The minimum absolute atomic E-state index is 0.188. The van der Waals surface area contributed by atoms with Crippen LogP contribution < -0.4 is 14.9 Å². The molecule has 1 aromatic heterocycles. The topological polar surface area (TPSA) is 65.7 Å². The number of carbonyl (C=O) groups is 1. The molecule has 0 atom stereocenters. The van der Waals surface area contributed by atoms with E-state index in [1.807, 2.05) is 48.5 Å². The predicted octanol–water partition coefficient (Wildman–Crippen LogP) is 7.96. The first kappa shape index (κ1) is 25.3. The molecule has 0 bridgehead atoms. The number of hydrogen-bond donors (Lipinski definition) is 0. The largest absolute Gasteiger partial charge is 0.489 e. The highest BCUT2D eigenvalue weighted by Gasteiger charge is 2.11. The van der Waals surface area contributed by atoms with Crippen LogP contribution in [0.4, 0.5) is 0 Å². The van der Waals surface area contributed by atoms with E-state index in [4.69, 9.17) is 37.1 Å². The summed E-state index contributed by atoms with van der Waals surface area (Å²) in [5, 5.41) is 1.64. The van der Waals surface area contributed by atoms with Gasteiger partial charge >= 0.3 is 5.97 Å². The van der Waals surface area contributed by atoms with E-state index in [-0.39, 0.29) is 11.2 Å². The zero-order valence-corrected chi connectivity index (χ0v) is 21.4. The fourth-order valence-corrected chi connectivity index (χ4v) is 3.99. The van der Waals surface area contributed by atoms with E-state index in [0.29, 0.717) is 44.5 Å². The number of benzene rings is 4. The van der Waals surface area contributed by atoms with E-state index < -0.39 is 5.97 Å². The zero-order chi connectivity index (χ0) is 26.5. The Labute approximate surface area is 228 Å². The van der Waals surface area contributed by atoms with Crippen LogP contribution in [0, 0.1) is 0 Å². The molecule has 188 valence electrons. The summed E-state index contributed by atoms with van der Waals surface area (Å²) in [5.41, 5.74) is 3.06. The number of rotatable bonds is 7. The van der Waals surface area contributed by atoms with Crippen LogP contribution >= 0.6 is 23.2 Å². The summed E-state index contributed by atoms with van der Waals surface area (Å²) in [4.78, 5) is 25.3. The van der Waals surface area contributed by atoms with Crippen LogP contribution in [0.15, 0.2) is 113 Å². The smallest absolute Gasteiger partial charge is 0.336 e. The maximum Gasteiger partial charge on any atom is 0.336 e. The Hall–Kier alpha value is -4.32. The van der Waals surface area contributed by atoms with Crippen LogP contribution in [0.25, 0.3) is 28.2 Å². The highest BCUT2D eigenvalue weighted by molar-refractivity contribution is 6.30. The van der Waals surface area contributed by atoms with Crippen molar-refractivity contribution < 1.29 is 18.7 Å². The third-order valence-corrected chi connectivity index (χ3v) is 6.23. The van der Waals surface area contributed by atoms with Gasteiger partial charge in [0.2, 0.25) is 0 Å². The van der Waals surface area contributed by atoms with E-state index >= 15 is 0 Å². The average Bonchev–Trinajstić information content (AvgIpc) is 2.93. The Bertz CT molecular complexity index is 1670. The molecule has 5 nitrogen and oxygen atoms in total. The van der Waals surface area contributed by atoms with Crippen LogP contribution in [0.5, 0.6) is 11.5 Å². The van der Waals surface area contributed by atoms with Crippen molar-refractivity contribution in [1.29, 1.82) is 0 Å². The Morgan fingerprint density at radius 1 is 0.816 bits per heavy atom. The Morgan fingerprint density at radius 2 is 1.47 bits per heavy atom. The van der Waals surface area contributed by atoms with Crippen molar-refractivity contribution in [2.45, 2.75) is 6.61 Å². The van der Waals surface area contributed by atoms with Gasteiger partial charge in [-0.3, -0.25) is 4.79 Å². The second-order valence-electron chi connectivity index (χ2n) is 8.38. The second-order valence-corrected chi connectivity index (χ2v) is 9.25. The van der Waals surface area contributed by atoms with E-state index in [0.717, 1.165) is 11.1 Å². The van der Waals surface area contributed by atoms with Crippen molar-refractivity contribution in [2.24, 2.45) is 0 Å². The molecule has 38 heavy (non-hydrogen) atoms. The molecule has 0 unspecified atom stereocenters. The molecular weight excluding hydrogens is 523 g/mol. The molecule has 0 aliphatic rings. The molecular formula is C31H20Cl2O5. The van der Waals surface area contributed by atoms with Gasteiger partial charge in [0.15, 0.2) is 5.43 Å². The molecule has 0 spiro atoms. The molecule has 0 aliphatic carbocycles. The average molecular weight is 543 g/mol. The van der Waals surface area contributed by atoms with E-state index in [2.05, 4.69) is 0 Å². The van der Waals surface area contributed by atoms with Crippen molar-refractivity contribution in [3.63, 3.8) is 0 Å². The molecule has 0 saturated carbocycles. The third kappa shape index (κ3) is 6.14. The van der Waals surface area contributed by atoms with Crippen LogP contribution in [0.1, 0.15) is 11.1 Å². The molecule has 0 saturated heterocycles. The first-order valence-corrected chi connectivity index (χ1v) is 12.4. The third-order valence-electron chi connectivity index (χ3n) is 5.73. The molecule has 0 fully saturated rings. The van der Waals surface area contributed by atoms with Crippen molar-refractivity contribution in [3.8, 4) is 22.6 Å². The van der Waals surface area contributed by atoms with Crippen LogP contribution in [-0.4, -0.2) is 5.97 Å². The Balaban J connectivity index is 1.21. The molecule has 4 aromatic carbocycles. The van der Waals surface area contributed by atoms with Crippen LogP contribution in [0.3, 0.4) is 0 Å². The quantitative estimate of drug-likeness (QED) is 0.118. The second kappa shape index (κ2) is 11.4. The van der Waals surface area contributed by atoms with Gasteiger partial charge in [0.05, 0.1) is 10.9 Å². The Morgan fingerprint density at radius 3 is 2.18 bits per heavy atom. The number of halogens is 2. The first-order valence-electron chi connectivity index (χ1n) is 11.6. The molecule has 0 radical (unpaired) electrons. The fraction of sp³-hybridized carbons (Fsp3) is 0.0323. The lowest BCUT2D eigenvalue weighted by Crippen LogP contribution is -2.06. The minimum atomic E-state index is -0.562. The summed E-state index contributed by atoms with van der Waals surface area (Å²) < 4.78 is 16.8. The molecule has 0 N–H and O–H groups in total. The van der Waals surface area contributed by atoms with Crippen LogP contribution in [0.2, 0.25) is 10.0 Å². The standard InChI is InChI=1S/C31H20Cl2O5/c32-23-8-1-21(2-9-23)18-36-25-12-3-20(4-13-25)5-16-30(34)38-26-14-15-27-29(17-26)37-19-28(31(27)35)22-6-10-24(33)11-7-22/h1-17,19H,18H2.